The Bertz CT molecular complexity index is 455. The smallest absolute Gasteiger partial charge is 0.323 e. The first-order chi connectivity index (χ1) is 8.63. The first-order valence-electron chi connectivity index (χ1n) is 5.06. The number of amides is 2. The van der Waals surface area contributed by atoms with Crippen molar-refractivity contribution in [2.45, 2.75) is 6.54 Å². The van der Waals surface area contributed by atoms with E-state index in [-0.39, 0.29) is 13.1 Å². The fourth-order valence-corrected chi connectivity index (χ4v) is 1.17. The number of nitrogens with one attached hydrogen (secondary N) is 1. The van der Waals surface area contributed by atoms with Gasteiger partial charge in [-0.1, -0.05) is 5.92 Å². The van der Waals surface area contributed by atoms with Gasteiger partial charge in [-0.05, 0) is 6.07 Å². The van der Waals surface area contributed by atoms with Gasteiger partial charge in [0.15, 0.2) is 0 Å². The molecule has 94 valence electrons. The number of carboxylic acid groups (broad SMARTS) is 1. The lowest BCUT2D eigenvalue weighted by atomic mass is 10.4. The highest BCUT2D eigenvalue weighted by Gasteiger charge is 2.15. The molecule has 0 bridgehead atoms. The summed E-state index contributed by atoms with van der Waals surface area (Å²) in [5.41, 5.74) is 0.620. The maximum atomic E-state index is 11.7. The van der Waals surface area contributed by atoms with Gasteiger partial charge in [-0.15, -0.1) is 6.42 Å². The van der Waals surface area contributed by atoms with Crippen molar-refractivity contribution in [2.24, 2.45) is 0 Å². The van der Waals surface area contributed by atoms with E-state index in [9.17, 15) is 9.59 Å². The molecular formula is C11H12N4O3. The highest BCUT2D eigenvalue weighted by atomic mass is 16.4. The van der Waals surface area contributed by atoms with Crippen LogP contribution < -0.4 is 5.32 Å². The molecule has 0 aromatic carbocycles. The maximum absolute atomic E-state index is 11.7. The number of rotatable bonds is 5. The summed E-state index contributed by atoms with van der Waals surface area (Å²) in [7, 11) is 0. The Labute approximate surface area is 104 Å². The summed E-state index contributed by atoms with van der Waals surface area (Å²) in [4.78, 5) is 30.9. The van der Waals surface area contributed by atoms with Crippen LogP contribution in [-0.4, -0.2) is 45.1 Å². The van der Waals surface area contributed by atoms with E-state index < -0.39 is 18.5 Å². The molecule has 0 aliphatic heterocycles. The Hall–Kier alpha value is -2.62. The van der Waals surface area contributed by atoms with Gasteiger partial charge >= 0.3 is 12.0 Å². The largest absolute Gasteiger partial charge is 0.480 e. The van der Waals surface area contributed by atoms with Crippen molar-refractivity contribution >= 4 is 12.0 Å². The Kier molecular flexibility index (Phi) is 5.12. The van der Waals surface area contributed by atoms with Crippen LogP contribution in [0.1, 0.15) is 5.69 Å². The first kappa shape index (κ1) is 13.4. The second-order valence-corrected chi connectivity index (χ2v) is 3.31. The quantitative estimate of drug-likeness (QED) is 0.698. The van der Waals surface area contributed by atoms with Crippen molar-refractivity contribution in [3.05, 3.63) is 24.3 Å². The van der Waals surface area contributed by atoms with Crippen LogP contribution in [0.15, 0.2) is 18.6 Å². The van der Waals surface area contributed by atoms with Crippen LogP contribution in [-0.2, 0) is 11.3 Å². The number of carbonyl (C=O) groups excluding carboxylic acids is 1. The number of carbonyl (C=O) groups is 2. The molecule has 18 heavy (non-hydrogen) atoms. The highest BCUT2D eigenvalue weighted by Crippen LogP contribution is 1.93. The molecule has 2 N–H and O–H groups in total. The van der Waals surface area contributed by atoms with Crippen molar-refractivity contribution in [3.8, 4) is 12.3 Å². The number of nitrogens with zero attached hydrogens (tertiary/aromatic N) is 3. The predicted octanol–water partition coefficient (Wildman–Crippen LogP) is -0.294. The zero-order valence-electron chi connectivity index (χ0n) is 9.54. The summed E-state index contributed by atoms with van der Waals surface area (Å²) < 4.78 is 0. The van der Waals surface area contributed by atoms with Crippen LogP contribution in [0.25, 0.3) is 0 Å². The topological polar surface area (TPSA) is 95.4 Å². The second-order valence-electron chi connectivity index (χ2n) is 3.31. The molecule has 0 spiro atoms. The lowest BCUT2D eigenvalue weighted by Gasteiger charge is -2.18. The first-order valence-corrected chi connectivity index (χ1v) is 5.06. The van der Waals surface area contributed by atoms with Crippen molar-refractivity contribution < 1.29 is 14.7 Å². The number of hydrogen-bond acceptors (Lipinski definition) is 4. The molecule has 1 heterocycles. The van der Waals surface area contributed by atoms with E-state index in [1.165, 1.54) is 6.33 Å². The minimum atomic E-state index is -1.12. The summed E-state index contributed by atoms with van der Waals surface area (Å²) in [5.74, 6) is 1.11. The molecule has 0 radical (unpaired) electrons. The molecular weight excluding hydrogens is 236 g/mol. The Balaban J connectivity index is 2.52. The summed E-state index contributed by atoms with van der Waals surface area (Å²) >= 11 is 0. The van der Waals surface area contributed by atoms with E-state index in [4.69, 9.17) is 11.5 Å². The zero-order chi connectivity index (χ0) is 13.4. The molecule has 7 nitrogen and oxygen atoms in total. The molecule has 0 aliphatic carbocycles. The van der Waals surface area contributed by atoms with Crippen molar-refractivity contribution in [1.29, 1.82) is 0 Å². The molecule has 2 amide bonds. The van der Waals surface area contributed by atoms with Gasteiger partial charge in [-0.25, -0.2) is 14.8 Å². The molecule has 0 aliphatic rings. The fourth-order valence-electron chi connectivity index (χ4n) is 1.17. The second kappa shape index (κ2) is 6.85. The molecule has 0 unspecified atom stereocenters. The minimum Gasteiger partial charge on any atom is -0.480 e. The lowest BCUT2D eigenvalue weighted by Crippen LogP contribution is -2.42. The van der Waals surface area contributed by atoms with Crippen molar-refractivity contribution in [2.75, 3.05) is 13.1 Å². The standard InChI is InChI=1S/C11H12N4O3/c1-2-5-15(7-10(16)17)11(18)13-6-9-3-4-12-8-14-9/h1,3-4,8H,5-7H2,(H,13,18)(H,16,17). The SMILES string of the molecule is C#CCN(CC(=O)O)C(=O)NCc1ccncn1. The van der Waals surface area contributed by atoms with Crippen LogP contribution in [0.2, 0.25) is 0 Å². The number of hydrogen-bond donors (Lipinski definition) is 2. The van der Waals surface area contributed by atoms with Gasteiger partial charge in [-0.3, -0.25) is 4.79 Å². The monoisotopic (exact) mass is 248 g/mol. The molecule has 1 aromatic rings. The summed E-state index contributed by atoms with van der Waals surface area (Å²) in [5, 5.41) is 11.2. The van der Waals surface area contributed by atoms with Gasteiger partial charge in [-0.2, -0.15) is 0 Å². The maximum Gasteiger partial charge on any atom is 0.323 e. The molecule has 0 fully saturated rings. The third-order valence-electron chi connectivity index (χ3n) is 1.96. The van der Waals surface area contributed by atoms with Gasteiger partial charge in [0.05, 0.1) is 18.8 Å². The number of terminal acetylenes is 1. The van der Waals surface area contributed by atoms with Crippen molar-refractivity contribution in [1.82, 2.24) is 20.2 Å². The van der Waals surface area contributed by atoms with Gasteiger partial charge in [0.1, 0.15) is 12.9 Å². The van der Waals surface area contributed by atoms with Crippen LogP contribution in [0, 0.1) is 12.3 Å². The predicted molar refractivity (Wildman–Crippen MR) is 62.3 cm³/mol. The van der Waals surface area contributed by atoms with Crippen LogP contribution in [0.4, 0.5) is 4.79 Å². The third-order valence-corrected chi connectivity index (χ3v) is 1.96. The number of aromatic nitrogens is 2. The van der Waals surface area contributed by atoms with E-state index in [1.807, 2.05) is 0 Å². The fraction of sp³-hybridized carbons (Fsp3) is 0.273. The molecule has 0 saturated heterocycles. The van der Waals surface area contributed by atoms with Crippen LogP contribution >= 0.6 is 0 Å². The third kappa shape index (κ3) is 4.49. The minimum absolute atomic E-state index is 0.0676. The van der Waals surface area contributed by atoms with Crippen molar-refractivity contribution in [3.63, 3.8) is 0 Å². The van der Waals surface area contributed by atoms with E-state index >= 15 is 0 Å². The molecule has 0 saturated carbocycles. The molecule has 7 heteroatoms. The summed E-state index contributed by atoms with van der Waals surface area (Å²) in [6.45, 7) is -0.330. The normalized spacial score (nSPS) is 9.28. The summed E-state index contributed by atoms with van der Waals surface area (Å²) in [6.07, 6.45) is 7.97. The Morgan fingerprint density at radius 1 is 1.56 bits per heavy atom. The average Bonchev–Trinajstić information content (AvgIpc) is 2.36. The molecule has 1 rings (SSSR count). The van der Waals surface area contributed by atoms with E-state index in [0.717, 1.165) is 4.90 Å². The van der Waals surface area contributed by atoms with E-state index in [2.05, 4.69) is 21.2 Å². The Morgan fingerprint density at radius 3 is 2.89 bits per heavy atom. The summed E-state index contributed by atoms with van der Waals surface area (Å²) in [6, 6.07) is 1.09. The van der Waals surface area contributed by atoms with E-state index in [0.29, 0.717) is 5.69 Å². The number of carboxylic acids is 1. The molecule has 0 atom stereocenters. The lowest BCUT2D eigenvalue weighted by molar-refractivity contribution is -0.137. The Morgan fingerprint density at radius 2 is 2.33 bits per heavy atom. The van der Waals surface area contributed by atoms with Gasteiger partial charge in [0, 0.05) is 6.20 Å². The van der Waals surface area contributed by atoms with Gasteiger partial charge in [0.2, 0.25) is 0 Å². The van der Waals surface area contributed by atoms with Gasteiger partial charge < -0.3 is 15.3 Å². The average molecular weight is 248 g/mol. The van der Waals surface area contributed by atoms with E-state index in [1.54, 1.807) is 12.3 Å². The van der Waals surface area contributed by atoms with Crippen LogP contribution in [0.3, 0.4) is 0 Å². The van der Waals surface area contributed by atoms with Gasteiger partial charge in [0.25, 0.3) is 0 Å². The molecule has 1 aromatic heterocycles. The number of urea groups is 1. The zero-order valence-corrected chi connectivity index (χ0v) is 9.54. The highest BCUT2D eigenvalue weighted by molar-refractivity contribution is 5.80. The van der Waals surface area contributed by atoms with Crippen LogP contribution in [0.5, 0.6) is 0 Å². The number of aliphatic carboxylic acids is 1.